The van der Waals surface area contributed by atoms with E-state index in [1.54, 1.807) is 34.3 Å². The summed E-state index contributed by atoms with van der Waals surface area (Å²) in [5.74, 6) is -0.382. The number of rotatable bonds is 8. The third kappa shape index (κ3) is 5.41. The number of nitrogens with one attached hydrogen (secondary N) is 1. The molecule has 2 aromatic heterocycles. The summed E-state index contributed by atoms with van der Waals surface area (Å²) in [5, 5.41) is 4.41. The van der Waals surface area contributed by atoms with Crippen LogP contribution in [0.4, 0.5) is 0 Å². The van der Waals surface area contributed by atoms with E-state index in [1.807, 2.05) is 24.3 Å². The predicted molar refractivity (Wildman–Crippen MR) is 112 cm³/mol. The van der Waals surface area contributed by atoms with Gasteiger partial charge in [0.05, 0.1) is 13.1 Å². The van der Waals surface area contributed by atoms with E-state index in [0.29, 0.717) is 6.54 Å². The maximum atomic E-state index is 12.3. The molecule has 3 rings (SSSR count). The van der Waals surface area contributed by atoms with E-state index < -0.39 is 10.0 Å². The van der Waals surface area contributed by atoms with Crippen molar-refractivity contribution in [2.45, 2.75) is 17.3 Å². The highest BCUT2D eigenvalue weighted by Gasteiger charge is 2.23. The minimum absolute atomic E-state index is 0.0644. The molecule has 0 fully saturated rings. The van der Waals surface area contributed by atoms with E-state index in [0.717, 1.165) is 26.8 Å². The Morgan fingerprint density at radius 2 is 1.79 bits per heavy atom. The molecule has 1 aromatic carbocycles. The van der Waals surface area contributed by atoms with Crippen molar-refractivity contribution in [1.82, 2.24) is 14.2 Å². The molecule has 0 unspecified atom stereocenters. The predicted octanol–water partition coefficient (Wildman–Crippen LogP) is 1.89. The van der Waals surface area contributed by atoms with Crippen molar-refractivity contribution in [3.8, 4) is 0 Å². The van der Waals surface area contributed by atoms with Crippen LogP contribution in [-0.4, -0.2) is 36.8 Å². The minimum Gasteiger partial charge on any atom is -0.351 e. The number of carbonyl (C=O) groups is 1. The fourth-order valence-electron chi connectivity index (χ4n) is 2.66. The highest BCUT2D eigenvalue weighted by Crippen LogP contribution is 2.19. The first-order valence-corrected chi connectivity index (χ1v) is 11.2. The van der Waals surface area contributed by atoms with Crippen LogP contribution in [0, 0.1) is 0 Å². The number of likely N-dealkylation sites (N-methyl/N-ethyl adjacent to an activating group) is 1. The van der Waals surface area contributed by atoms with Gasteiger partial charge in [0.1, 0.15) is 4.21 Å². The van der Waals surface area contributed by atoms with Crippen molar-refractivity contribution >= 4 is 27.3 Å². The number of carbonyl (C=O) groups excluding carboxylic acids is 1. The summed E-state index contributed by atoms with van der Waals surface area (Å²) < 4.78 is 27.6. The molecule has 0 saturated heterocycles. The maximum Gasteiger partial charge on any atom is 0.252 e. The van der Waals surface area contributed by atoms with E-state index in [2.05, 4.69) is 5.32 Å². The summed E-state index contributed by atoms with van der Waals surface area (Å²) in [6, 6.07) is 15.7. The van der Waals surface area contributed by atoms with Gasteiger partial charge in [-0.2, -0.15) is 4.31 Å². The van der Waals surface area contributed by atoms with E-state index in [9.17, 15) is 18.0 Å². The monoisotopic (exact) mass is 431 g/mol. The van der Waals surface area contributed by atoms with Crippen molar-refractivity contribution in [2.75, 3.05) is 13.6 Å². The van der Waals surface area contributed by atoms with Gasteiger partial charge in [0.2, 0.25) is 5.91 Å². The smallest absolute Gasteiger partial charge is 0.252 e. The topological polar surface area (TPSA) is 88.5 Å². The van der Waals surface area contributed by atoms with Crippen LogP contribution in [0.15, 0.2) is 75.2 Å². The Bertz CT molecular complexity index is 1120. The third-order valence-corrected chi connectivity index (χ3v) is 7.47. The molecule has 1 amide bonds. The number of amides is 1. The van der Waals surface area contributed by atoms with Crippen molar-refractivity contribution in [3.05, 3.63) is 87.7 Å². The van der Waals surface area contributed by atoms with Gasteiger partial charge in [-0.3, -0.25) is 9.59 Å². The lowest BCUT2D eigenvalue weighted by atomic mass is 10.1. The number of hydrogen-bond donors (Lipinski definition) is 1. The fourth-order valence-corrected chi connectivity index (χ4v) is 4.99. The average molecular weight is 432 g/mol. The first-order chi connectivity index (χ1) is 13.9. The average Bonchev–Trinajstić information content (AvgIpc) is 3.25. The second-order valence-corrected chi connectivity index (χ2v) is 9.67. The van der Waals surface area contributed by atoms with Crippen LogP contribution in [0.5, 0.6) is 0 Å². The van der Waals surface area contributed by atoms with Crippen LogP contribution in [0.2, 0.25) is 0 Å². The number of nitrogens with zero attached hydrogens (tertiary/aromatic N) is 2. The van der Waals surface area contributed by atoms with Crippen LogP contribution >= 0.6 is 11.3 Å². The van der Waals surface area contributed by atoms with Crippen LogP contribution < -0.4 is 10.9 Å². The summed E-state index contributed by atoms with van der Waals surface area (Å²) in [7, 11) is -2.27. The Kier molecular flexibility index (Phi) is 6.63. The molecule has 0 aliphatic rings. The summed E-state index contributed by atoms with van der Waals surface area (Å²) in [5.41, 5.74) is 1.78. The molecule has 152 valence electrons. The van der Waals surface area contributed by atoms with E-state index in [1.165, 1.54) is 19.2 Å². The standard InChI is InChI=1S/C20H21N3O4S2/c1-22(29(26,27)20-6-4-12-28-20)15-18(24)21-13-16-7-9-17(10-8-16)14-23-11-3-2-5-19(23)25/h2-12H,13-15H2,1H3,(H,21,24). The highest BCUT2D eigenvalue weighted by molar-refractivity contribution is 7.91. The first kappa shape index (κ1) is 21.0. The molecule has 3 aromatic rings. The van der Waals surface area contributed by atoms with Gasteiger partial charge in [0.25, 0.3) is 15.6 Å². The number of aromatic nitrogens is 1. The van der Waals surface area contributed by atoms with Crippen molar-refractivity contribution < 1.29 is 13.2 Å². The van der Waals surface area contributed by atoms with Gasteiger partial charge in [0.15, 0.2) is 0 Å². The zero-order valence-electron chi connectivity index (χ0n) is 15.8. The molecule has 29 heavy (non-hydrogen) atoms. The van der Waals surface area contributed by atoms with Crippen molar-refractivity contribution in [3.63, 3.8) is 0 Å². The first-order valence-electron chi connectivity index (χ1n) is 8.86. The van der Waals surface area contributed by atoms with Gasteiger partial charge in [-0.15, -0.1) is 11.3 Å². The zero-order valence-corrected chi connectivity index (χ0v) is 17.4. The molecule has 1 N–H and O–H groups in total. The second-order valence-electron chi connectivity index (χ2n) is 6.45. The van der Waals surface area contributed by atoms with Gasteiger partial charge in [-0.05, 0) is 28.6 Å². The summed E-state index contributed by atoms with van der Waals surface area (Å²) in [6.07, 6.45) is 1.73. The number of benzene rings is 1. The normalized spacial score (nSPS) is 11.5. The van der Waals surface area contributed by atoms with Crippen molar-refractivity contribution in [2.24, 2.45) is 0 Å². The largest absolute Gasteiger partial charge is 0.351 e. The highest BCUT2D eigenvalue weighted by atomic mass is 32.2. The molecule has 0 aliphatic heterocycles. The fraction of sp³-hybridized carbons (Fsp3) is 0.200. The third-order valence-electron chi connectivity index (χ3n) is 4.29. The molecule has 0 saturated carbocycles. The molecule has 0 aliphatic carbocycles. The lowest BCUT2D eigenvalue weighted by Gasteiger charge is -2.15. The lowest BCUT2D eigenvalue weighted by molar-refractivity contribution is -0.121. The van der Waals surface area contributed by atoms with Gasteiger partial charge in [-0.1, -0.05) is 36.4 Å². The van der Waals surface area contributed by atoms with Gasteiger partial charge in [-0.25, -0.2) is 8.42 Å². The lowest BCUT2D eigenvalue weighted by Crippen LogP contribution is -2.37. The quantitative estimate of drug-likeness (QED) is 0.590. The van der Waals surface area contributed by atoms with E-state index >= 15 is 0 Å². The summed E-state index contributed by atoms with van der Waals surface area (Å²) in [4.78, 5) is 23.9. The molecule has 0 bridgehead atoms. The van der Waals surface area contributed by atoms with Crippen LogP contribution in [0.3, 0.4) is 0 Å². The Hall–Kier alpha value is -2.75. The zero-order chi connectivity index (χ0) is 20.9. The molecule has 0 spiro atoms. The van der Waals surface area contributed by atoms with Gasteiger partial charge in [0, 0.05) is 25.9 Å². The van der Waals surface area contributed by atoms with Crippen LogP contribution in [0.25, 0.3) is 0 Å². The summed E-state index contributed by atoms with van der Waals surface area (Å²) >= 11 is 1.12. The SMILES string of the molecule is CN(CC(=O)NCc1ccc(Cn2ccccc2=O)cc1)S(=O)(=O)c1cccs1. The Balaban J connectivity index is 1.53. The number of hydrogen-bond acceptors (Lipinski definition) is 5. The van der Waals surface area contributed by atoms with Gasteiger partial charge >= 0.3 is 0 Å². The van der Waals surface area contributed by atoms with E-state index in [4.69, 9.17) is 0 Å². The van der Waals surface area contributed by atoms with Crippen LogP contribution in [-0.2, 0) is 27.9 Å². The van der Waals surface area contributed by atoms with Crippen molar-refractivity contribution in [1.29, 1.82) is 0 Å². The summed E-state index contributed by atoms with van der Waals surface area (Å²) in [6.45, 7) is 0.504. The Labute approximate surface area is 173 Å². The molecule has 9 heteroatoms. The Morgan fingerprint density at radius 3 is 2.45 bits per heavy atom. The molecule has 0 atom stereocenters. The molecule has 2 heterocycles. The minimum atomic E-state index is -3.65. The van der Waals surface area contributed by atoms with E-state index in [-0.39, 0.29) is 28.8 Å². The Morgan fingerprint density at radius 1 is 1.07 bits per heavy atom. The molecular formula is C20H21N3O4S2. The maximum absolute atomic E-state index is 12.3. The molecular weight excluding hydrogens is 410 g/mol. The van der Waals surface area contributed by atoms with Gasteiger partial charge < -0.3 is 9.88 Å². The number of thiophene rings is 1. The number of sulfonamides is 1. The van der Waals surface area contributed by atoms with Crippen LogP contribution in [0.1, 0.15) is 11.1 Å². The number of pyridine rings is 1. The molecule has 7 nitrogen and oxygen atoms in total. The molecule has 0 radical (unpaired) electrons. The second kappa shape index (κ2) is 9.17.